The molecular formula is C13H15ClN2S. The summed E-state index contributed by atoms with van der Waals surface area (Å²) in [5, 5.41) is 2.77. The van der Waals surface area contributed by atoms with Crippen LogP contribution in [0.15, 0.2) is 35.8 Å². The second-order valence-corrected chi connectivity index (χ2v) is 5.60. The minimum atomic E-state index is 0.408. The van der Waals surface area contributed by atoms with E-state index < -0.39 is 0 Å². The molecule has 0 aliphatic rings. The zero-order valence-corrected chi connectivity index (χ0v) is 11.5. The number of rotatable bonds is 4. The maximum absolute atomic E-state index is 5.86. The number of halogens is 1. The van der Waals surface area contributed by atoms with Crippen LogP contribution in [0.4, 0.5) is 5.82 Å². The second kappa shape index (κ2) is 5.52. The van der Waals surface area contributed by atoms with Gasteiger partial charge in [-0.3, -0.25) is 0 Å². The van der Waals surface area contributed by atoms with Crippen molar-refractivity contribution >= 4 is 28.8 Å². The average Bonchev–Trinajstić information content (AvgIpc) is 2.80. The van der Waals surface area contributed by atoms with Gasteiger partial charge in [-0.2, -0.15) is 0 Å². The minimum absolute atomic E-state index is 0.408. The van der Waals surface area contributed by atoms with E-state index in [0.29, 0.717) is 11.1 Å². The first-order chi connectivity index (χ1) is 8.16. The molecule has 17 heavy (non-hydrogen) atoms. The molecule has 0 atom stereocenters. The first kappa shape index (κ1) is 12.4. The summed E-state index contributed by atoms with van der Waals surface area (Å²) in [4.78, 5) is 7.99. The smallest absolute Gasteiger partial charge is 0.129 e. The van der Waals surface area contributed by atoms with Crippen molar-refractivity contribution in [1.82, 2.24) is 4.98 Å². The predicted molar refractivity (Wildman–Crippen MR) is 74.9 cm³/mol. The van der Waals surface area contributed by atoms with Crippen LogP contribution in [0.2, 0.25) is 5.02 Å². The summed E-state index contributed by atoms with van der Waals surface area (Å²) in [7, 11) is 0. The van der Waals surface area contributed by atoms with Gasteiger partial charge >= 0.3 is 0 Å². The van der Waals surface area contributed by atoms with Gasteiger partial charge in [-0.05, 0) is 37.4 Å². The lowest BCUT2D eigenvalue weighted by atomic mass is 10.3. The molecule has 0 aliphatic carbocycles. The van der Waals surface area contributed by atoms with E-state index in [0.717, 1.165) is 12.4 Å². The third-order valence-electron chi connectivity index (χ3n) is 2.54. The Kier molecular flexibility index (Phi) is 4.02. The van der Waals surface area contributed by atoms with Gasteiger partial charge < -0.3 is 4.90 Å². The molecule has 0 bridgehead atoms. The van der Waals surface area contributed by atoms with Crippen LogP contribution in [0.3, 0.4) is 0 Å². The summed E-state index contributed by atoms with van der Waals surface area (Å²) in [6, 6.07) is 8.48. The number of aromatic nitrogens is 1. The number of nitrogens with zero attached hydrogens (tertiary/aromatic N) is 2. The van der Waals surface area contributed by atoms with E-state index in [1.165, 1.54) is 4.88 Å². The van der Waals surface area contributed by atoms with Gasteiger partial charge in [-0.25, -0.2) is 4.98 Å². The number of pyridine rings is 1. The Bertz CT molecular complexity index is 451. The zero-order chi connectivity index (χ0) is 12.3. The lowest BCUT2D eigenvalue weighted by Gasteiger charge is -2.27. The Morgan fingerprint density at radius 2 is 2.18 bits per heavy atom. The minimum Gasteiger partial charge on any atom is -0.349 e. The van der Waals surface area contributed by atoms with Crippen molar-refractivity contribution < 1.29 is 0 Å². The molecule has 0 radical (unpaired) electrons. The quantitative estimate of drug-likeness (QED) is 0.824. The molecule has 90 valence electrons. The Balaban J connectivity index is 2.20. The standard InChI is InChI=1S/C13H15ClN2S/c1-10(2)16(9-12-4-3-7-17-12)13-6-5-11(14)8-15-13/h3-8,10H,9H2,1-2H3. The summed E-state index contributed by atoms with van der Waals surface area (Å²) in [5.74, 6) is 0.970. The van der Waals surface area contributed by atoms with Crippen molar-refractivity contribution in [2.45, 2.75) is 26.4 Å². The van der Waals surface area contributed by atoms with Gasteiger partial charge in [0, 0.05) is 17.1 Å². The van der Waals surface area contributed by atoms with Crippen LogP contribution in [0, 0.1) is 0 Å². The van der Waals surface area contributed by atoms with E-state index in [9.17, 15) is 0 Å². The first-order valence-corrected chi connectivity index (χ1v) is 6.83. The van der Waals surface area contributed by atoms with E-state index in [2.05, 4.69) is 41.2 Å². The molecule has 0 saturated heterocycles. The molecule has 2 heterocycles. The molecule has 0 fully saturated rings. The molecule has 4 heteroatoms. The van der Waals surface area contributed by atoms with Crippen LogP contribution in [0.5, 0.6) is 0 Å². The van der Waals surface area contributed by atoms with Gasteiger partial charge in [0.25, 0.3) is 0 Å². The maximum Gasteiger partial charge on any atom is 0.129 e. The summed E-state index contributed by atoms with van der Waals surface area (Å²) < 4.78 is 0. The third-order valence-corrected chi connectivity index (χ3v) is 3.62. The van der Waals surface area contributed by atoms with Crippen molar-refractivity contribution in [2.24, 2.45) is 0 Å². The maximum atomic E-state index is 5.86. The first-order valence-electron chi connectivity index (χ1n) is 5.57. The van der Waals surface area contributed by atoms with Crippen LogP contribution in [-0.4, -0.2) is 11.0 Å². The monoisotopic (exact) mass is 266 g/mol. The van der Waals surface area contributed by atoms with Crippen LogP contribution >= 0.6 is 22.9 Å². The predicted octanol–water partition coefficient (Wildman–Crippen LogP) is 4.21. The van der Waals surface area contributed by atoms with E-state index in [-0.39, 0.29) is 0 Å². The molecule has 0 spiro atoms. The molecule has 2 rings (SSSR count). The number of hydrogen-bond acceptors (Lipinski definition) is 3. The van der Waals surface area contributed by atoms with Crippen molar-refractivity contribution in [3.63, 3.8) is 0 Å². The van der Waals surface area contributed by atoms with Gasteiger partial charge in [0.15, 0.2) is 0 Å². The van der Waals surface area contributed by atoms with Crippen molar-refractivity contribution in [2.75, 3.05) is 4.90 Å². The van der Waals surface area contributed by atoms with Gasteiger partial charge in [-0.15, -0.1) is 11.3 Å². The topological polar surface area (TPSA) is 16.1 Å². The fourth-order valence-electron chi connectivity index (χ4n) is 1.64. The van der Waals surface area contributed by atoms with Crippen LogP contribution < -0.4 is 4.90 Å². The Morgan fingerprint density at radius 3 is 2.71 bits per heavy atom. The third kappa shape index (κ3) is 3.20. The van der Waals surface area contributed by atoms with E-state index in [1.807, 2.05) is 12.1 Å². The second-order valence-electron chi connectivity index (χ2n) is 4.14. The molecule has 2 nitrogen and oxygen atoms in total. The van der Waals surface area contributed by atoms with Crippen LogP contribution in [0.25, 0.3) is 0 Å². The molecular weight excluding hydrogens is 252 g/mol. The Hall–Kier alpha value is -1.06. The highest BCUT2D eigenvalue weighted by Crippen LogP contribution is 2.21. The van der Waals surface area contributed by atoms with Gasteiger partial charge in [0.1, 0.15) is 5.82 Å². The molecule has 0 amide bonds. The molecule has 2 aromatic rings. The fourth-order valence-corrected chi connectivity index (χ4v) is 2.45. The number of thiophene rings is 1. The lowest BCUT2D eigenvalue weighted by molar-refractivity contribution is 0.677. The van der Waals surface area contributed by atoms with Crippen molar-refractivity contribution in [1.29, 1.82) is 0 Å². The summed E-state index contributed by atoms with van der Waals surface area (Å²) in [5.41, 5.74) is 0. The van der Waals surface area contributed by atoms with Gasteiger partial charge in [-0.1, -0.05) is 17.7 Å². The zero-order valence-electron chi connectivity index (χ0n) is 9.93. The SMILES string of the molecule is CC(C)N(Cc1cccs1)c1ccc(Cl)cn1. The molecule has 0 aliphatic heterocycles. The van der Waals surface area contributed by atoms with Gasteiger partial charge in [0.2, 0.25) is 0 Å². The number of hydrogen-bond donors (Lipinski definition) is 0. The molecule has 0 aromatic carbocycles. The average molecular weight is 267 g/mol. The highest BCUT2D eigenvalue weighted by atomic mass is 35.5. The van der Waals surface area contributed by atoms with Crippen molar-refractivity contribution in [3.05, 3.63) is 45.7 Å². The van der Waals surface area contributed by atoms with Gasteiger partial charge in [0.05, 0.1) is 11.6 Å². The Morgan fingerprint density at radius 1 is 1.35 bits per heavy atom. The van der Waals surface area contributed by atoms with E-state index >= 15 is 0 Å². The van der Waals surface area contributed by atoms with Crippen molar-refractivity contribution in [3.8, 4) is 0 Å². The van der Waals surface area contributed by atoms with Crippen LogP contribution in [0.1, 0.15) is 18.7 Å². The summed E-state index contributed by atoms with van der Waals surface area (Å²) in [6.07, 6.45) is 1.70. The number of anilines is 1. The molecule has 0 N–H and O–H groups in total. The molecule has 2 aromatic heterocycles. The Labute approximate surface area is 111 Å². The van der Waals surface area contributed by atoms with E-state index in [4.69, 9.17) is 11.6 Å². The van der Waals surface area contributed by atoms with Crippen LogP contribution in [-0.2, 0) is 6.54 Å². The van der Waals surface area contributed by atoms with E-state index in [1.54, 1.807) is 17.5 Å². The lowest BCUT2D eigenvalue weighted by Crippen LogP contribution is -2.30. The summed E-state index contributed by atoms with van der Waals surface area (Å²) >= 11 is 7.63. The normalized spacial score (nSPS) is 10.8. The molecule has 0 saturated carbocycles. The highest BCUT2D eigenvalue weighted by molar-refractivity contribution is 7.09. The summed E-state index contributed by atoms with van der Waals surface area (Å²) in [6.45, 7) is 5.23. The highest BCUT2D eigenvalue weighted by Gasteiger charge is 2.12. The largest absolute Gasteiger partial charge is 0.349 e. The fraction of sp³-hybridized carbons (Fsp3) is 0.308. The molecule has 0 unspecified atom stereocenters.